The Bertz CT molecular complexity index is 1280. The number of aromatic amines is 1. The van der Waals surface area contributed by atoms with Crippen LogP contribution in [0.5, 0.6) is 0 Å². The fraction of sp³-hybridized carbons (Fsp3) is 0.148. The Morgan fingerprint density at radius 1 is 0.969 bits per heavy atom. The molecule has 1 aliphatic heterocycles. The second-order valence-electron chi connectivity index (χ2n) is 7.87. The Morgan fingerprint density at radius 3 is 2.44 bits per heavy atom. The summed E-state index contributed by atoms with van der Waals surface area (Å²) in [5, 5.41) is 1.80. The number of H-pyrrole nitrogens is 1. The van der Waals surface area contributed by atoms with Crippen LogP contribution in [-0.4, -0.2) is 29.1 Å². The summed E-state index contributed by atoms with van der Waals surface area (Å²) in [5.41, 5.74) is 6.46. The number of ether oxygens (including phenoxy) is 1. The normalized spacial score (nSPS) is 13.8. The number of aromatic nitrogens is 1. The Morgan fingerprint density at radius 2 is 1.72 bits per heavy atom. The predicted octanol–water partition coefficient (Wildman–Crippen LogP) is 6.91. The molecule has 160 valence electrons. The molecule has 0 unspecified atom stereocenters. The third-order valence-electron chi connectivity index (χ3n) is 5.84. The standard InChI is InChI=1S/C27H23ClN2O2/c28-23-13-7-12-22-24(25(29-26(22)23)21-10-5-2-6-11-21)20-14-16-30(17-15-20)27(31)32-18-19-8-3-1-4-9-19/h1-14,29H,15-18H2. The second-order valence-corrected chi connectivity index (χ2v) is 8.28. The fourth-order valence-corrected chi connectivity index (χ4v) is 4.43. The highest BCUT2D eigenvalue weighted by Crippen LogP contribution is 2.39. The molecule has 0 saturated carbocycles. The summed E-state index contributed by atoms with van der Waals surface area (Å²) in [6.07, 6.45) is 2.59. The molecule has 0 radical (unpaired) electrons. The minimum absolute atomic E-state index is 0.283. The first-order chi connectivity index (χ1) is 15.7. The fourth-order valence-electron chi connectivity index (χ4n) is 4.21. The Hall–Kier alpha value is -3.50. The van der Waals surface area contributed by atoms with Crippen molar-refractivity contribution in [3.63, 3.8) is 0 Å². The molecule has 0 aliphatic carbocycles. The number of hydrogen-bond donors (Lipinski definition) is 1. The number of amides is 1. The summed E-state index contributed by atoms with van der Waals surface area (Å²) in [5.74, 6) is 0. The molecule has 4 nitrogen and oxygen atoms in total. The summed E-state index contributed by atoms with van der Waals surface area (Å²) in [7, 11) is 0. The number of carbonyl (C=O) groups is 1. The van der Waals surface area contributed by atoms with Gasteiger partial charge in [0.05, 0.1) is 16.2 Å². The van der Waals surface area contributed by atoms with E-state index >= 15 is 0 Å². The minimum Gasteiger partial charge on any atom is -0.445 e. The number of rotatable bonds is 4. The summed E-state index contributed by atoms with van der Waals surface area (Å²) in [6.45, 7) is 1.41. The lowest BCUT2D eigenvalue weighted by Gasteiger charge is -2.26. The number of nitrogens with one attached hydrogen (secondary N) is 1. The Kier molecular flexibility index (Phi) is 5.70. The Labute approximate surface area is 192 Å². The van der Waals surface area contributed by atoms with Crippen molar-refractivity contribution in [3.8, 4) is 11.3 Å². The van der Waals surface area contributed by atoms with Crippen molar-refractivity contribution >= 4 is 34.2 Å². The van der Waals surface area contributed by atoms with Crippen LogP contribution in [0.15, 0.2) is 84.9 Å². The van der Waals surface area contributed by atoms with Crippen LogP contribution in [0, 0.1) is 0 Å². The molecule has 0 atom stereocenters. The average Bonchev–Trinajstić information content (AvgIpc) is 3.25. The van der Waals surface area contributed by atoms with E-state index in [0.29, 0.717) is 18.1 Å². The number of para-hydroxylation sites is 1. The number of carbonyl (C=O) groups excluding carboxylic acids is 1. The van der Waals surface area contributed by atoms with Crippen LogP contribution < -0.4 is 0 Å². The van der Waals surface area contributed by atoms with Crippen LogP contribution in [0.1, 0.15) is 17.5 Å². The van der Waals surface area contributed by atoms with Crippen LogP contribution in [0.3, 0.4) is 0 Å². The van der Waals surface area contributed by atoms with Crippen molar-refractivity contribution in [2.45, 2.75) is 13.0 Å². The van der Waals surface area contributed by atoms with Gasteiger partial charge in [-0.25, -0.2) is 4.79 Å². The molecule has 32 heavy (non-hydrogen) atoms. The van der Waals surface area contributed by atoms with Gasteiger partial charge in [0.1, 0.15) is 6.61 Å². The highest BCUT2D eigenvalue weighted by Gasteiger charge is 2.23. The number of hydrogen-bond acceptors (Lipinski definition) is 2. The van der Waals surface area contributed by atoms with Gasteiger partial charge >= 0.3 is 6.09 Å². The Balaban J connectivity index is 1.41. The predicted molar refractivity (Wildman–Crippen MR) is 130 cm³/mol. The molecule has 0 bridgehead atoms. The van der Waals surface area contributed by atoms with E-state index in [1.165, 1.54) is 5.57 Å². The lowest BCUT2D eigenvalue weighted by Crippen LogP contribution is -2.35. The van der Waals surface area contributed by atoms with E-state index in [-0.39, 0.29) is 12.7 Å². The van der Waals surface area contributed by atoms with Gasteiger partial charge in [-0.3, -0.25) is 0 Å². The summed E-state index contributed by atoms with van der Waals surface area (Å²) in [6, 6.07) is 26.0. The first-order valence-corrected chi connectivity index (χ1v) is 11.1. The molecule has 1 amide bonds. The third-order valence-corrected chi connectivity index (χ3v) is 6.15. The van der Waals surface area contributed by atoms with Gasteiger partial charge in [-0.2, -0.15) is 0 Å². The molecular formula is C27H23ClN2O2. The molecule has 2 heterocycles. The molecule has 5 rings (SSSR count). The van der Waals surface area contributed by atoms with Crippen molar-refractivity contribution in [1.82, 2.24) is 9.88 Å². The van der Waals surface area contributed by atoms with Crippen LogP contribution >= 0.6 is 11.6 Å². The van der Waals surface area contributed by atoms with Gasteiger partial charge in [-0.15, -0.1) is 0 Å². The van der Waals surface area contributed by atoms with Gasteiger partial charge < -0.3 is 14.6 Å². The quantitative estimate of drug-likeness (QED) is 0.373. The van der Waals surface area contributed by atoms with E-state index in [1.54, 1.807) is 4.90 Å². The van der Waals surface area contributed by atoms with Crippen LogP contribution in [0.25, 0.3) is 27.7 Å². The molecule has 5 heteroatoms. The van der Waals surface area contributed by atoms with E-state index in [2.05, 4.69) is 29.3 Å². The largest absolute Gasteiger partial charge is 0.445 e. The van der Waals surface area contributed by atoms with E-state index in [0.717, 1.165) is 39.7 Å². The van der Waals surface area contributed by atoms with Crippen molar-refractivity contribution in [1.29, 1.82) is 0 Å². The first kappa shape index (κ1) is 20.4. The lowest BCUT2D eigenvalue weighted by atomic mass is 9.94. The monoisotopic (exact) mass is 442 g/mol. The maximum atomic E-state index is 12.6. The maximum Gasteiger partial charge on any atom is 0.410 e. The van der Waals surface area contributed by atoms with Gasteiger partial charge in [-0.1, -0.05) is 90.5 Å². The number of nitrogens with zero attached hydrogens (tertiary/aromatic N) is 1. The molecule has 1 aromatic heterocycles. The van der Waals surface area contributed by atoms with Gasteiger partial charge in [-0.05, 0) is 29.2 Å². The molecule has 0 saturated heterocycles. The van der Waals surface area contributed by atoms with Crippen molar-refractivity contribution < 1.29 is 9.53 Å². The molecule has 0 spiro atoms. The summed E-state index contributed by atoms with van der Waals surface area (Å²) < 4.78 is 5.51. The van der Waals surface area contributed by atoms with Gasteiger partial charge in [0, 0.05) is 24.0 Å². The van der Waals surface area contributed by atoms with Crippen molar-refractivity contribution in [2.24, 2.45) is 0 Å². The van der Waals surface area contributed by atoms with Crippen LogP contribution in [0.4, 0.5) is 4.79 Å². The van der Waals surface area contributed by atoms with Crippen molar-refractivity contribution in [3.05, 3.63) is 101 Å². The zero-order valence-electron chi connectivity index (χ0n) is 17.6. The number of fused-ring (bicyclic) bond motifs is 1. The molecule has 3 aromatic carbocycles. The van der Waals surface area contributed by atoms with Crippen molar-refractivity contribution in [2.75, 3.05) is 13.1 Å². The topological polar surface area (TPSA) is 45.3 Å². The molecule has 0 fully saturated rings. The van der Waals surface area contributed by atoms with E-state index in [1.807, 2.05) is 60.7 Å². The molecular weight excluding hydrogens is 420 g/mol. The first-order valence-electron chi connectivity index (χ1n) is 10.7. The van der Waals surface area contributed by atoms with Crippen LogP contribution in [-0.2, 0) is 11.3 Å². The average molecular weight is 443 g/mol. The van der Waals surface area contributed by atoms with Gasteiger partial charge in [0.2, 0.25) is 0 Å². The zero-order valence-corrected chi connectivity index (χ0v) is 18.3. The van der Waals surface area contributed by atoms with Crippen LogP contribution in [0.2, 0.25) is 5.02 Å². The smallest absolute Gasteiger partial charge is 0.410 e. The molecule has 1 N–H and O–H groups in total. The molecule has 1 aliphatic rings. The minimum atomic E-state index is -0.283. The highest BCUT2D eigenvalue weighted by atomic mass is 35.5. The number of halogens is 1. The highest BCUT2D eigenvalue weighted by molar-refractivity contribution is 6.35. The second kappa shape index (κ2) is 8.93. The van der Waals surface area contributed by atoms with E-state index < -0.39 is 0 Å². The summed E-state index contributed by atoms with van der Waals surface area (Å²) >= 11 is 6.50. The zero-order chi connectivity index (χ0) is 21.9. The van der Waals surface area contributed by atoms with Gasteiger partial charge in [0.25, 0.3) is 0 Å². The molecule has 4 aromatic rings. The number of benzene rings is 3. The lowest BCUT2D eigenvalue weighted by molar-refractivity contribution is 0.0998. The SMILES string of the molecule is O=C(OCc1ccccc1)N1CC=C(c2c(-c3ccccc3)[nH]c3c(Cl)cccc23)CC1. The maximum absolute atomic E-state index is 12.6. The van der Waals surface area contributed by atoms with E-state index in [4.69, 9.17) is 16.3 Å². The summed E-state index contributed by atoms with van der Waals surface area (Å²) in [4.78, 5) is 17.8. The van der Waals surface area contributed by atoms with E-state index in [9.17, 15) is 4.79 Å². The third kappa shape index (κ3) is 4.02. The van der Waals surface area contributed by atoms with Gasteiger partial charge in [0.15, 0.2) is 0 Å².